The number of hydrogen-bond donors (Lipinski definition) is 2. The number of carbonyl (C=O) groups is 1. The highest BCUT2D eigenvalue weighted by atomic mass is 32.2. The smallest absolute Gasteiger partial charge is 0.258 e. The van der Waals surface area contributed by atoms with Crippen molar-refractivity contribution in [2.45, 2.75) is 17.9 Å². The van der Waals surface area contributed by atoms with Crippen LogP contribution in [0.5, 0.6) is 5.75 Å². The number of carbonyl (C=O) groups excluding carboxylic acids is 1. The van der Waals surface area contributed by atoms with Crippen molar-refractivity contribution in [3.05, 3.63) is 60.2 Å². The number of amides is 1. The zero-order chi connectivity index (χ0) is 19.7. The lowest BCUT2D eigenvalue weighted by molar-refractivity contribution is -0.123. The van der Waals surface area contributed by atoms with E-state index in [4.69, 9.17) is 9.47 Å². The number of nitrogens with one attached hydrogen (secondary N) is 2. The predicted molar refractivity (Wildman–Crippen MR) is 102 cm³/mol. The molecule has 0 aliphatic carbocycles. The van der Waals surface area contributed by atoms with Gasteiger partial charge in [0.1, 0.15) is 5.75 Å². The van der Waals surface area contributed by atoms with E-state index in [9.17, 15) is 13.2 Å². The number of methoxy groups -OCH3 is 1. The summed E-state index contributed by atoms with van der Waals surface area (Å²) in [5, 5.41) is 2.85. The Kier molecular flexibility index (Phi) is 7.78. The van der Waals surface area contributed by atoms with Crippen molar-refractivity contribution < 1.29 is 22.7 Å². The van der Waals surface area contributed by atoms with E-state index in [1.165, 1.54) is 31.4 Å². The molecule has 2 aromatic carbocycles. The Balaban J connectivity index is 1.85. The van der Waals surface area contributed by atoms with Crippen molar-refractivity contribution in [2.24, 2.45) is 0 Å². The van der Waals surface area contributed by atoms with Gasteiger partial charge in [-0.25, -0.2) is 13.1 Å². The third-order valence-electron chi connectivity index (χ3n) is 3.78. The minimum Gasteiger partial charge on any atom is -0.484 e. The maximum absolute atomic E-state index is 12.1. The lowest BCUT2D eigenvalue weighted by Crippen LogP contribution is -2.31. The molecular formula is C19H24N2O5S. The lowest BCUT2D eigenvalue weighted by atomic mass is 10.1. The van der Waals surface area contributed by atoms with E-state index >= 15 is 0 Å². The Morgan fingerprint density at radius 3 is 2.37 bits per heavy atom. The standard InChI is InChI=1S/C19H24N2O5S/c1-15(16-6-4-3-5-7-16)21-19(22)14-26-17-8-10-18(11-9-17)27(23,24)20-12-13-25-2/h3-11,15,20H,12-14H2,1-2H3,(H,21,22)/t15-/m0/s1. The molecule has 2 N–H and O–H groups in total. The molecule has 0 aliphatic rings. The first-order chi connectivity index (χ1) is 12.9. The number of hydrogen-bond acceptors (Lipinski definition) is 5. The molecule has 7 nitrogen and oxygen atoms in total. The molecule has 0 aromatic heterocycles. The molecule has 0 bridgehead atoms. The molecule has 0 radical (unpaired) electrons. The van der Waals surface area contributed by atoms with Crippen LogP contribution in [0.2, 0.25) is 0 Å². The van der Waals surface area contributed by atoms with Gasteiger partial charge in [0.25, 0.3) is 5.91 Å². The largest absolute Gasteiger partial charge is 0.484 e. The third-order valence-corrected chi connectivity index (χ3v) is 5.26. The van der Waals surface area contributed by atoms with Gasteiger partial charge in [0.15, 0.2) is 6.61 Å². The fourth-order valence-electron chi connectivity index (χ4n) is 2.33. The van der Waals surface area contributed by atoms with Gasteiger partial charge in [-0.2, -0.15) is 0 Å². The van der Waals surface area contributed by atoms with Crippen LogP contribution in [-0.2, 0) is 19.6 Å². The third kappa shape index (κ3) is 6.67. The quantitative estimate of drug-likeness (QED) is 0.602. The van der Waals surface area contributed by atoms with E-state index < -0.39 is 10.0 Å². The van der Waals surface area contributed by atoms with Crippen LogP contribution in [0.25, 0.3) is 0 Å². The average molecular weight is 392 g/mol. The highest BCUT2D eigenvalue weighted by molar-refractivity contribution is 7.89. The molecule has 1 atom stereocenters. The summed E-state index contributed by atoms with van der Waals surface area (Å²) >= 11 is 0. The zero-order valence-corrected chi connectivity index (χ0v) is 16.2. The Labute approximate surface area is 159 Å². The molecule has 0 spiro atoms. The fraction of sp³-hybridized carbons (Fsp3) is 0.316. The van der Waals surface area contributed by atoms with Crippen molar-refractivity contribution in [3.8, 4) is 5.75 Å². The molecule has 0 aliphatic heterocycles. The van der Waals surface area contributed by atoms with Gasteiger partial charge in [-0.1, -0.05) is 30.3 Å². The Morgan fingerprint density at radius 2 is 1.74 bits per heavy atom. The summed E-state index contributed by atoms with van der Waals surface area (Å²) in [6.07, 6.45) is 0. The highest BCUT2D eigenvalue weighted by Gasteiger charge is 2.14. The van der Waals surface area contributed by atoms with Crippen LogP contribution in [0, 0.1) is 0 Å². The SMILES string of the molecule is COCCNS(=O)(=O)c1ccc(OCC(=O)N[C@@H](C)c2ccccc2)cc1. The number of rotatable bonds is 10. The average Bonchev–Trinajstić information content (AvgIpc) is 2.67. The minimum absolute atomic E-state index is 0.119. The van der Waals surface area contributed by atoms with Crippen molar-refractivity contribution >= 4 is 15.9 Å². The fourth-order valence-corrected chi connectivity index (χ4v) is 3.35. The van der Waals surface area contributed by atoms with E-state index in [1.807, 2.05) is 37.3 Å². The molecule has 0 saturated heterocycles. The molecule has 0 fully saturated rings. The van der Waals surface area contributed by atoms with Gasteiger partial charge >= 0.3 is 0 Å². The zero-order valence-electron chi connectivity index (χ0n) is 15.3. The Morgan fingerprint density at radius 1 is 1.07 bits per heavy atom. The molecule has 2 aromatic rings. The summed E-state index contributed by atoms with van der Waals surface area (Å²) in [6.45, 7) is 2.21. The maximum Gasteiger partial charge on any atom is 0.258 e. The van der Waals surface area contributed by atoms with Crippen molar-refractivity contribution in [1.82, 2.24) is 10.0 Å². The van der Waals surface area contributed by atoms with Gasteiger partial charge in [0.2, 0.25) is 10.0 Å². The van der Waals surface area contributed by atoms with E-state index in [-0.39, 0.29) is 36.6 Å². The van der Waals surface area contributed by atoms with Crippen LogP contribution in [0.15, 0.2) is 59.5 Å². The van der Waals surface area contributed by atoms with Crippen molar-refractivity contribution in [3.63, 3.8) is 0 Å². The highest BCUT2D eigenvalue weighted by Crippen LogP contribution is 2.16. The Hall–Kier alpha value is -2.42. The maximum atomic E-state index is 12.1. The summed E-state index contributed by atoms with van der Waals surface area (Å²) in [7, 11) is -2.09. The van der Waals surface area contributed by atoms with Gasteiger partial charge in [0, 0.05) is 13.7 Å². The van der Waals surface area contributed by atoms with E-state index in [0.717, 1.165) is 5.56 Å². The first-order valence-electron chi connectivity index (χ1n) is 8.48. The predicted octanol–water partition coefficient (Wildman–Crippen LogP) is 1.87. The monoisotopic (exact) mass is 392 g/mol. The topological polar surface area (TPSA) is 93.7 Å². The second-order valence-corrected chi connectivity index (χ2v) is 7.62. The van der Waals surface area contributed by atoms with E-state index in [2.05, 4.69) is 10.0 Å². The number of ether oxygens (including phenoxy) is 2. The van der Waals surface area contributed by atoms with Crippen LogP contribution in [0.4, 0.5) is 0 Å². The number of benzene rings is 2. The summed E-state index contributed by atoms with van der Waals surface area (Å²) in [4.78, 5) is 12.1. The van der Waals surface area contributed by atoms with Crippen molar-refractivity contribution in [2.75, 3.05) is 26.9 Å². The normalized spacial score (nSPS) is 12.4. The first kappa shape index (κ1) is 20.9. The van der Waals surface area contributed by atoms with Crippen LogP contribution >= 0.6 is 0 Å². The summed E-state index contributed by atoms with van der Waals surface area (Å²) in [5.74, 6) is 0.151. The van der Waals surface area contributed by atoms with Gasteiger partial charge in [0.05, 0.1) is 17.5 Å². The molecule has 2 rings (SSSR count). The summed E-state index contributed by atoms with van der Waals surface area (Å²) < 4.78 is 36.8. The first-order valence-corrected chi connectivity index (χ1v) is 9.96. The van der Waals surface area contributed by atoms with Crippen LogP contribution in [0.1, 0.15) is 18.5 Å². The second kappa shape index (κ2) is 10.1. The van der Waals surface area contributed by atoms with Crippen LogP contribution in [0.3, 0.4) is 0 Å². The molecule has 1 amide bonds. The Bertz CT molecular complexity index is 823. The second-order valence-electron chi connectivity index (χ2n) is 5.85. The van der Waals surface area contributed by atoms with Crippen LogP contribution < -0.4 is 14.8 Å². The number of sulfonamides is 1. The summed E-state index contributed by atoms with van der Waals surface area (Å²) in [5.41, 5.74) is 1.00. The molecule has 8 heteroatoms. The van der Waals surface area contributed by atoms with Gasteiger partial charge in [-0.15, -0.1) is 0 Å². The molecule has 0 heterocycles. The van der Waals surface area contributed by atoms with Crippen LogP contribution in [-0.4, -0.2) is 41.2 Å². The van der Waals surface area contributed by atoms with Gasteiger partial charge in [-0.3, -0.25) is 4.79 Å². The van der Waals surface area contributed by atoms with Gasteiger partial charge in [-0.05, 0) is 36.8 Å². The molecule has 146 valence electrons. The summed E-state index contributed by atoms with van der Waals surface area (Å²) in [6, 6.07) is 15.4. The lowest BCUT2D eigenvalue weighted by Gasteiger charge is -2.14. The van der Waals surface area contributed by atoms with E-state index in [1.54, 1.807) is 0 Å². The molecular weight excluding hydrogens is 368 g/mol. The minimum atomic E-state index is -3.59. The molecule has 0 saturated carbocycles. The van der Waals surface area contributed by atoms with E-state index in [0.29, 0.717) is 5.75 Å². The van der Waals surface area contributed by atoms with Gasteiger partial charge < -0.3 is 14.8 Å². The van der Waals surface area contributed by atoms with Crippen molar-refractivity contribution in [1.29, 1.82) is 0 Å². The molecule has 0 unspecified atom stereocenters. The molecule has 27 heavy (non-hydrogen) atoms.